The van der Waals surface area contributed by atoms with Crippen molar-refractivity contribution >= 4 is 22.8 Å². The number of hydrogen-bond donors (Lipinski definition) is 1. The van der Waals surface area contributed by atoms with Gasteiger partial charge in [0.2, 0.25) is 5.91 Å². The van der Waals surface area contributed by atoms with Gasteiger partial charge in [-0.05, 0) is 12.0 Å². The Balaban J connectivity index is 1.74. The summed E-state index contributed by atoms with van der Waals surface area (Å²) in [6.07, 6.45) is 1.73. The first-order valence-corrected chi connectivity index (χ1v) is 6.97. The van der Waals surface area contributed by atoms with Crippen molar-refractivity contribution in [3.05, 3.63) is 30.5 Å². The van der Waals surface area contributed by atoms with E-state index < -0.39 is 11.9 Å². The second-order valence-electron chi connectivity index (χ2n) is 5.58. The molecule has 0 aliphatic carbocycles. The Labute approximate surface area is 122 Å². The Bertz CT molecular complexity index is 694. The lowest BCUT2D eigenvalue weighted by Gasteiger charge is -2.16. The van der Waals surface area contributed by atoms with Crippen LogP contribution >= 0.6 is 0 Å². The molecule has 0 saturated carbocycles. The highest BCUT2D eigenvalue weighted by Gasteiger charge is 2.36. The molecule has 1 aromatic heterocycles. The Kier molecular flexibility index (Phi) is 3.37. The van der Waals surface area contributed by atoms with E-state index in [2.05, 4.69) is 5.10 Å². The number of carbonyl (C=O) groups is 2. The van der Waals surface area contributed by atoms with E-state index in [0.717, 1.165) is 10.9 Å². The predicted molar refractivity (Wildman–Crippen MR) is 76.6 cm³/mol. The number of carbonyl (C=O) groups excluding carboxylic acids is 1. The van der Waals surface area contributed by atoms with Gasteiger partial charge in [-0.2, -0.15) is 5.10 Å². The van der Waals surface area contributed by atoms with Crippen molar-refractivity contribution in [2.24, 2.45) is 11.8 Å². The lowest BCUT2D eigenvalue weighted by atomic mass is 9.99. The second kappa shape index (κ2) is 5.20. The van der Waals surface area contributed by atoms with E-state index in [1.54, 1.807) is 15.8 Å². The molecule has 1 aliphatic rings. The third kappa shape index (κ3) is 2.49. The molecule has 21 heavy (non-hydrogen) atoms. The molecule has 1 amide bonds. The molecule has 0 unspecified atom stereocenters. The molecule has 2 heterocycles. The smallest absolute Gasteiger partial charge is 0.308 e. The fraction of sp³-hybridized carbons (Fsp3) is 0.400. The monoisotopic (exact) mass is 287 g/mol. The van der Waals surface area contributed by atoms with Gasteiger partial charge in [-0.25, -0.2) is 0 Å². The van der Waals surface area contributed by atoms with Gasteiger partial charge in [0.15, 0.2) is 0 Å². The van der Waals surface area contributed by atoms with Crippen molar-refractivity contribution in [3.8, 4) is 0 Å². The molecule has 0 spiro atoms. The van der Waals surface area contributed by atoms with Crippen molar-refractivity contribution in [2.75, 3.05) is 13.1 Å². The molecule has 0 bridgehead atoms. The Hall–Kier alpha value is -2.37. The van der Waals surface area contributed by atoms with Crippen LogP contribution in [0.1, 0.15) is 6.92 Å². The summed E-state index contributed by atoms with van der Waals surface area (Å²) in [6.45, 7) is 2.80. The summed E-state index contributed by atoms with van der Waals surface area (Å²) in [4.78, 5) is 25.1. The zero-order chi connectivity index (χ0) is 15.0. The lowest BCUT2D eigenvalue weighted by molar-refractivity contribution is -0.142. The maximum Gasteiger partial charge on any atom is 0.308 e. The van der Waals surface area contributed by atoms with E-state index in [4.69, 9.17) is 5.11 Å². The molecule has 110 valence electrons. The molecule has 1 fully saturated rings. The topological polar surface area (TPSA) is 75.4 Å². The van der Waals surface area contributed by atoms with Crippen LogP contribution in [0.2, 0.25) is 0 Å². The Morgan fingerprint density at radius 1 is 1.33 bits per heavy atom. The fourth-order valence-electron chi connectivity index (χ4n) is 2.87. The summed E-state index contributed by atoms with van der Waals surface area (Å²) >= 11 is 0. The first-order chi connectivity index (χ1) is 10.1. The van der Waals surface area contributed by atoms with E-state index in [1.165, 1.54) is 0 Å². The van der Waals surface area contributed by atoms with Gasteiger partial charge in [-0.15, -0.1) is 0 Å². The number of carboxylic acid groups (broad SMARTS) is 1. The number of hydrogen-bond acceptors (Lipinski definition) is 3. The molecular weight excluding hydrogens is 270 g/mol. The van der Waals surface area contributed by atoms with Crippen molar-refractivity contribution in [1.29, 1.82) is 0 Å². The SMILES string of the molecule is C[C@@H]1CN(C(=O)Cn2ncc3ccccc32)C[C@H]1C(=O)O. The molecule has 6 nitrogen and oxygen atoms in total. The highest BCUT2D eigenvalue weighted by atomic mass is 16.4. The van der Waals surface area contributed by atoms with Crippen LogP contribution in [0.3, 0.4) is 0 Å². The zero-order valence-electron chi connectivity index (χ0n) is 11.8. The first-order valence-electron chi connectivity index (χ1n) is 6.97. The number of nitrogens with zero attached hydrogens (tertiary/aromatic N) is 3. The van der Waals surface area contributed by atoms with Crippen molar-refractivity contribution < 1.29 is 14.7 Å². The molecular formula is C15H17N3O3. The summed E-state index contributed by atoms with van der Waals surface area (Å²) in [5.74, 6) is -1.40. The van der Waals surface area contributed by atoms with E-state index in [-0.39, 0.29) is 24.9 Å². The van der Waals surface area contributed by atoms with E-state index in [0.29, 0.717) is 6.54 Å². The largest absolute Gasteiger partial charge is 0.481 e. The standard InChI is InChI=1S/C15H17N3O3/c1-10-7-17(8-12(10)15(20)21)14(19)9-18-13-5-3-2-4-11(13)6-16-18/h2-6,10,12H,7-9H2,1H3,(H,20,21)/t10-,12-/m1/s1. The van der Waals surface area contributed by atoms with Gasteiger partial charge in [0.1, 0.15) is 6.54 Å². The number of fused-ring (bicyclic) bond motifs is 1. The van der Waals surface area contributed by atoms with Crippen molar-refractivity contribution in [1.82, 2.24) is 14.7 Å². The molecule has 3 rings (SSSR count). The van der Waals surface area contributed by atoms with Gasteiger partial charge >= 0.3 is 5.97 Å². The van der Waals surface area contributed by atoms with Gasteiger partial charge in [-0.3, -0.25) is 14.3 Å². The second-order valence-corrected chi connectivity index (χ2v) is 5.58. The molecule has 0 radical (unpaired) electrons. The molecule has 2 aromatic rings. The number of para-hydroxylation sites is 1. The van der Waals surface area contributed by atoms with Crippen LogP contribution in [0.15, 0.2) is 30.5 Å². The maximum absolute atomic E-state index is 12.3. The molecule has 2 atom stereocenters. The minimum atomic E-state index is -0.831. The van der Waals surface area contributed by atoms with Gasteiger partial charge in [0.25, 0.3) is 0 Å². The van der Waals surface area contributed by atoms with Crippen LogP contribution in [0, 0.1) is 11.8 Å². The molecule has 1 N–H and O–H groups in total. The van der Waals surface area contributed by atoms with Gasteiger partial charge in [0, 0.05) is 18.5 Å². The summed E-state index contributed by atoms with van der Waals surface area (Å²) in [5.41, 5.74) is 0.910. The number of aromatic nitrogens is 2. The van der Waals surface area contributed by atoms with E-state index in [9.17, 15) is 9.59 Å². The van der Waals surface area contributed by atoms with Crippen LogP contribution in [0.25, 0.3) is 10.9 Å². The van der Waals surface area contributed by atoms with Gasteiger partial charge in [-0.1, -0.05) is 25.1 Å². The summed E-state index contributed by atoms with van der Waals surface area (Å²) in [6, 6.07) is 7.70. The summed E-state index contributed by atoms with van der Waals surface area (Å²) in [7, 11) is 0. The predicted octanol–water partition coefficient (Wildman–Crippen LogP) is 1.22. The molecule has 6 heteroatoms. The van der Waals surface area contributed by atoms with Crippen LogP contribution in [0.5, 0.6) is 0 Å². The fourth-order valence-corrected chi connectivity index (χ4v) is 2.87. The van der Waals surface area contributed by atoms with E-state index >= 15 is 0 Å². The highest BCUT2D eigenvalue weighted by Crippen LogP contribution is 2.23. The average Bonchev–Trinajstić information content (AvgIpc) is 3.03. The summed E-state index contributed by atoms with van der Waals surface area (Å²) < 4.78 is 1.66. The van der Waals surface area contributed by atoms with Crippen LogP contribution in [-0.4, -0.2) is 44.8 Å². The number of carboxylic acids is 1. The summed E-state index contributed by atoms with van der Waals surface area (Å²) in [5, 5.41) is 14.3. The maximum atomic E-state index is 12.3. The zero-order valence-corrected chi connectivity index (χ0v) is 11.8. The molecule has 1 saturated heterocycles. The first kappa shape index (κ1) is 13.6. The third-order valence-corrected chi connectivity index (χ3v) is 4.12. The molecule has 1 aliphatic heterocycles. The highest BCUT2D eigenvalue weighted by molar-refractivity contribution is 5.82. The van der Waals surface area contributed by atoms with Gasteiger partial charge in [0.05, 0.1) is 17.6 Å². The van der Waals surface area contributed by atoms with Crippen LogP contribution in [0.4, 0.5) is 0 Å². The normalized spacial score (nSPS) is 21.9. The number of benzene rings is 1. The quantitative estimate of drug-likeness (QED) is 0.921. The minimum absolute atomic E-state index is 0.0131. The minimum Gasteiger partial charge on any atom is -0.481 e. The van der Waals surface area contributed by atoms with Crippen molar-refractivity contribution in [3.63, 3.8) is 0 Å². The van der Waals surface area contributed by atoms with Gasteiger partial charge < -0.3 is 10.0 Å². The number of likely N-dealkylation sites (tertiary alicyclic amines) is 1. The number of amides is 1. The average molecular weight is 287 g/mol. The number of aliphatic carboxylic acids is 1. The van der Waals surface area contributed by atoms with Crippen LogP contribution < -0.4 is 0 Å². The lowest BCUT2D eigenvalue weighted by Crippen LogP contribution is -2.33. The Morgan fingerprint density at radius 3 is 2.81 bits per heavy atom. The molecule has 1 aromatic carbocycles. The van der Waals surface area contributed by atoms with Crippen molar-refractivity contribution in [2.45, 2.75) is 13.5 Å². The Morgan fingerprint density at radius 2 is 2.10 bits per heavy atom. The van der Waals surface area contributed by atoms with Crippen LogP contribution in [-0.2, 0) is 16.1 Å². The van der Waals surface area contributed by atoms with E-state index in [1.807, 2.05) is 31.2 Å². The number of rotatable bonds is 3. The third-order valence-electron chi connectivity index (χ3n) is 4.12.